The molecule has 1 aromatic rings. The number of imidazole rings is 1. The van der Waals surface area contributed by atoms with Crippen molar-refractivity contribution in [2.45, 2.75) is 45.7 Å². The summed E-state index contributed by atoms with van der Waals surface area (Å²) >= 11 is 0. The molecule has 0 radical (unpaired) electrons. The third kappa shape index (κ3) is 3.15. The number of hydrogen-bond acceptors (Lipinski definition) is 3. The molecule has 0 unspecified atom stereocenters. The van der Waals surface area contributed by atoms with Crippen molar-refractivity contribution in [3.8, 4) is 0 Å². The van der Waals surface area contributed by atoms with Gasteiger partial charge in [0.25, 0.3) is 0 Å². The number of rotatable bonds is 4. The number of nitrogens with zero attached hydrogens (tertiary/aromatic N) is 3. The van der Waals surface area contributed by atoms with Gasteiger partial charge in [-0.05, 0) is 12.3 Å². The van der Waals surface area contributed by atoms with E-state index in [1.54, 1.807) is 6.20 Å². The third-order valence-electron chi connectivity index (χ3n) is 4.45. The molecule has 0 aliphatic carbocycles. The normalized spacial score (nSPS) is 24.7. The van der Waals surface area contributed by atoms with Crippen LogP contribution >= 0.6 is 0 Å². The average Bonchev–Trinajstić information content (AvgIpc) is 3.05. The molecule has 1 aromatic heterocycles. The predicted molar refractivity (Wildman–Crippen MR) is 82.0 cm³/mol. The van der Waals surface area contributed by atoms with Crippen LogP contribution < -0.4 is 5.32 Å². The first-order chi connectivity index (χ1) is 10.5. The molecule has 0 aromatic carbocycles. The summed E-state index contributed by atoms with van der Waals surface area (Å²) < 4.78 is 2.10. The van der Waals surface area contributed by atoms with Gasteiger partial charge in [-0.1, -0.05) is 13.8 Å². The van der Waals surface area contributed by atoms with Gasteiger partial charge in [0, 0.05) is 50.9 Å². The molecule has 2 aliphatic heterocycles. The Morgan fingerprint density at radius 3 is 3.05 bits per heavy atom. The van der Waals surface area contributed by atoms with Crippen LogP contribution in [0.4, 0.5) is 0 Å². The van der Waals surface area contributed by atoms with Crippen molar-refractivity contribution in [2.24, 2.45) is 11.8 Å². The van der Waals surface area contributed by atoms with E-state index in [4.69, 9.17) is 0 Å². The third-order valence-corrected chi connectivity index (χ3v) is 4.45. The fourth-order valence-corrected chi connectivity index (χ4v) is 3.37. The van der Waals surface area contributed by atoms with Crippen LogP contribution in [-0.4, -0.2) is 45.4 Å². The molecule has 2 atom stereocenters. The minimum Gasteiger partial charge on any atom is -0.351 e. The fraction of sp³-hybridized carbons (Fsp3) is 0.688. The maximum absolute atomic E-state index is 12.4. The molecule has 2 aliphatic rings. The van der Waals surface area contributed by atoms with Crippen molar-refractivity contribution in [3.05, 3.63) is 18.2 Å². The number of aryl methyl sites for hydroxylation is 1. The van der Waals surface area contributed by atoms with E-state index in [-0.39, 0.29) is 23.8 Å². The van der Waals surface area contributed by atoms with Crippen LogP contribution in [0.25, 0.3) is 0 Å². The van der Waals surface area contributed by atoms with Gasteiger partial charge in [0.15, 0.2) is 0 Å². The number of hydrogen-bond donors (Lipinski definition) is 1. The molecular weight excluding hydrogens is 280 g/mol. The van der Waals surface area contributed by atoms with Crippen molar-refractivity contribution in [3.63, 3.8) is 0 Å². The first-order valence-electron chi connectivity index (χ1n) is 8.11. The Bertz CT molecular complexity index is 566. The molecular formula is C16H24N4O2. The highest BCUT2D eigenvalue weighted by molar-refractivity contribution is 5.89. The van der Waals surface area contributed by atoms with E-state index in [1.807, 2.05) is 11.1 Å². The van der Waals surface area contributed by atoms with Crippen LogP contribution in [0.2, 0.25) is 0 Å². The van der Waals surface area contributed by atoms with E-state index < -0.39 is 0 Å². The SMILES string of the molecule is CC(C)CN1C[C@H](C(=O)N[C@H]2CCc3nccn3C2)CC1=O. The molecule has 6 nitrogen and oxygen atoms in total. The number of carbonyl (C=O) groups is 2. The number of fused-ring (bicyclic) bond motifs is 1. The van der Waals surface area contributed by atoms with Crippen molar-refractivity contribution in [2.75, 3.05) is 13.1 Å². The van der Waals surface area contributed by atoms with Gasteiger partial charge in [-0.15, -0.1) is 0 Å². The summed E-state index contributed by atoms with van der Waals surface area (Å²) in [4.78, 5) is 30.5. The smallest absolute Gasteiger partial charge is 0.225 e. The zero-order chi connectivity index (χ0) is 15.7. The van der Waals surface area contributed by atoms with Crippen LogP contribution in [0.3, 0.4) is 0 Å². The zero-order valence-corrected chi connectivity index (χ0v) is 13.3. The van der Waals surface area contributed by atoms with Gasteiger partial charge in [-0.2, -0.15) is 0 Å². The lowest BCUT2D eigenvalue weighted by Gasteiger charge is -2.26. The first-order valence-corrected chi connectivity index (χ1v) is 8.11. The molecule has 3 heterocycles. The summed E-state index contributed by atoms with van der Waals surface area (Å²) in [5.74, 6) is 1.45. The lowest BCUT2D eigenvalue weighted by molar-refractivity contribution is -0.129. The summed E-state index contributed by atoms with van der Waals surface area (Å²) in [6, 6.07) is 0.142. The second-order valence-corrected chi connectivity index (χ2v) is 6.83. The van der Waals surface area contributed by atoms with Crippen molar-refractivity contribution < 1.29 is 9.59 Å². The molecule has 0 spiro atoms. The molecule has 1 N–H and O–H groups in total. The topological polar surface area (TPSA) is 67.2 Å². The fourth-order valence-electron chi connectivity index (χ4n) is 3.37. The number of amides is 2. The molecule has 0 saturated carbocycles. The lowest BCUT2D eigenvalue weighted by atomic mass is 10.0. The molecule has 3 rings (SSSR count). The van der Waals surface area contributed by atoms with Gasteiger partial charge in [0.1, 0.15) is 5.82 Å². The Hall–Kier alpha value is -1.85. The van der Waals surface area contributed by atoms with Gasteiger partial charge in [-0.3, -0.25) is 9.59 Å². The Labute approximate surface area is 130 Å². The first kappa shape index (κ1) is 15.1. The quantitative estimate of drug-likeness (QED) is 0.895. The van der Waals surface area contributed by atoms with Gasteiger partial charge >= 0.3 is 0 Å². The molecule has 0 bridgehead atoms. The van der Waals surface area contributed by atoms with E-state index in [0.717, 1.165) is 31.8 Å². The summed E-state index contributed by atoms with van der Waals surface area (Å²) in [5.41, 5.74) is 0. The summed E-state index contributed by atoms with van der Waals surface area (Å²) in [5, 5.41) is 3.12. The highest BCUT2D eigenvalue weighted by Crippen LogP contribution is 2.20. The summed E-state index contributed by atoms with van der Waals surface area (Å²) in [6.07, 6.45) is 5.91. The van der Waals surface area contributed by atoms with Crippen LogP contribution in [-0.2, 0) is 22.6 Å². The maximum atomic E-state index is 12.4. The number of carbonyl (C=O) groups excluding carboxylic acids is 2. The standard InChI is InChI=1S/C16H24N4O2/c1-11(2)8-20-9-12(7-15(20)21)16(22)18-13-3-4-14-17-5-6-19(14)10-13/h5-6,11-13H,3-4,7-10H2,1-2H3,(H,18,22)/t12-,13+/m1/s1. The second kappa shape index (κ2) is 6.10. The van der Waals surface area contributed by atoms with E-state index in [9.17, 15) is 9.59 Å². The van der Waals surface area contributed by atoms with Crippen LogP contribution in [0.15, 0.2) is 12.4 Å². The van der Waals surface area contributed by atoms with E-state index in [2.05, 4.69) is 28.7 Å². The van der Waals surface area contributed by atoms with Crippen LogP contribution in [0.1, 0.15) is 32.5 Å². The van der Waals surface area contributed by atoms with Crippen molar-refractivity contribution in [1.29, 1.82) is 0 Å². The van der Waals surface area contributed by atoms with Crippen LogP contribution in [0, 0.1) is 11.8 Å². The van der Waals surface area contributed by atoms with Gasteiger partial charge in [0.2, 0.25) is 11.8 Å². The van der Waals surface area contributed by atoms with Crippen molar-refractivity contribution in [1.82, 2.24) is 19.8 Å². The molecule has 22 heavy (non-hydrogen) atoms. The van der Waals surface area contributed by atoms with Gasteiger partial charge in [0.05, 0.1) is 5.92 Å². The van der Waals surface area contributed by atoms with Gasteiger partial charge in [-0.25, -0.2) is 4.98 Å². The molecule has 2 amide bonds. The lowest BCUT2D eigenvalue weighted by Crippen LogP contribution is -2.44. The Morgan fingerprint density at radius 2 is 2.27 bits per heavy atom. The molecule has 120 valence electrons. The Morgan fingerprint density at radius 1 is 1.45 bits per heavy atom. The summed E-state index contributed by atoms with van der Waals surface area (Å²) in [6.45, 7) is 6.25. The molecule has 6 heteroatoms. The molecule has 1 fully saturated rings. The minimum absolute atomic E-state index is 0.0215. The van der Waals surface area contributed by atoms with E-state index in [0.29, 0.717) is 18.9 Å². The van der Waals surface area contributed by atoms with E-state index >= 15 is 0 Å². The van der Waals surface area contributed by atoms with Crippen LogP contribution in [0.5, 0.6) is 0 Å². The minimum atomic E-state index is -0.199. The zero-order valence-electron chi connectivity index (χ0n) is 13.3. The van der Waals surface area contributed by atoms with Crippen molar-refractivity contribution >= 4 is 11.8 Å². The summed E-state index contributed by atoms with van der Waals surface area (Å²) in [7, 11) is 0. The monoisotopic (exact) mass is 304 g/mol. The number of aromatic nitrogens is 2. The number of nitrogens with one attached hydrogen (secondary N) is 1. The van der Waals surface area contributed by atoms with Gasteiger partial charge < -0.3 is 14.8 Å². The van der Waals surface area contributed by atoms with E-state index in [1.165, 1.54) is 0 Å². The Kier molecular flexibility index (Phi) is 4.18. The molecule has 1 saturated heterocycles. The Balaban J connectivity index is 1.54. The highest BCUT2D eigenvalue weighted by atomic mass is 16.2. The maximum Gasteiger partial charge on any atom is 0.225 e. The average molecular weight is 304 g/mol. The number of likely N-dealkylation sites (tertiary alicyclic amines) is 1. The second-order valence-electron chi connectivity index (χ2n) is 6.83. The highest BCUT2D eigenvalue weighted by Gasteiger charge is 2.35. The predicted octanol–water partition coefficient (Wildman–Crippen LogP) is 0.819. The largest absolute Gasteiger partial charge is 0.351 e.